The van der Waals surface area contributed by atoms with Crippen LogP contribution in [0, 0.1) is 0 Å². The Morgan fingerprint density at radius 1 is 1.14 bits per heavy atom. The molecule has 0 saturated heterocycles. The molecule has 0 bridgehead atoms. The zero-order chi connectivity index (χ0) is 21.2. The molecule has 1 atom stereocenters. The van der Waals surface area contributed by atoms with Crippen LogP contribution in [0.5, 0.6) is 11.5 Å². The maximum absolute atomic E-state index is 12.4. The minimum Gasteiger partial charge on any atom is -0.486 e. The van der Waals surface area contributed by atoms with E-state index in [0.717, 1.165) is 10.6 Å². The Hall–Kier alpha value is -1.87. The van der Waals surface area contributed by atoms with Crippen LogP contribution >= 0.6 is 34.8 Å². The molecule has 0 radical (unpaired) electrons. The number of para-hydroxylation sites is 2. The number of fused-ring (bicyclic) bond motifs is 1. The van der Waals surface area contributed by atoms with E-state index in [-0.39, 0.29) is 33.9 Å². The number of anilines is 1. The molecule has 11 heteroatoms. The van der Waals surface area contributed by atoms with Crippen molar-refractivity contribution in [3.63, 3.8) is 0 Å². The van der Waals surface area contributed by atoms with E-state index in [1.54, 1.807) is 12.1 Å². The third kappa shape index (κ3) is 5.39. The molecule has 0 aromatic heterocycles. The molecule has 0 spiro atoms. The summed E-state index contributed by atoms with van der Waals surface area (Å²) >= 11 is 18.0. The van der Waals surface area contributed by atoms with Crippen LogP contribution in [0.3, 0.4) is 0 Å². The van der Waals surface area contributed by atoms with Crippen LogP contribution in [0.25, 0.3) is 0 Å². The van der Waals surface area contributed by atoms with Crippen molar-refractivity contribution in [3.8, 4) is 11.5 Å². The highest BCUT2D eigenvalue weighted by atomic mass is 35.5. The molecule has 0 saturated carbocycles. The normalized spacial score (nSPS) is 15.7. The lowest BCUT2D eigenvalue weighted by atomic mass is 10.2. The lowest BCUT2D eigenvalue weighted by Gasteiger charge is -2.27. The third-order valence-electron chi connectivity index (χ3n) is 4.04. The topological polar surface area (TPSA) is 84.9 Å². The molecule has 2 aromatic rings. The number of ether oxygens (including phenoxy) is 2. The van der Waals surface area contributed by atoms with Gasteiger partial charge < -0.3 is 14.8 Å². The second kappa shape index (κ2) is 8.87. The summed E-state index contributed by atoms with van der Waals surface area (Å²) in [4.78, 5) is 12.4. The molecule has 7 nitrogen and oxygen atoms in total. The van der Waals surface area contributed by atoms with Gasteiger partial charge in [0.25, 0.3) is 0 Å². The van der Waals surface area contributed by atoms with Gasteiger partial charge in [0.15, 0.2) is 11.5 Å². The zero-order valence-corrected chi connectivity index (χ0v) is 18.3. The van der Waals surface area contributed by atoms with Gasteiger partial charge >= 0.3 is 0 Å². The molecule has 29 heavy (non-hydrogen) atoms. The van der Waals surface area contributed by atoms with Gasteiger partial charge in [0.2, 0.25) is 15.9 Å². The number of carbonyl (C=O) groups is 1. The average molecular weight is 480 g/mol. The maximum atomic E-state index is 12.4. The molecule has 1 aliphatic heterocycles. The number of nitrogens with one attached hydrogen (secondary N) is 1. The minimum absolute atomic E-state index is 0.0539. The molecular formula is C18H17Cl3N2O5S. The largest absolute Gasteiger partial charge is 0.486 e. The number of hydrogen-bond acceptors (Lipinski definition) is 5. The Kier molecular flexibility index (Phi) is 6.68. The number of benzene rings is 2. The van der Waals surface area contributed by atoms with Crippen molar-refractivity contribution in [3.05, 3.63) is 51.5 Å². The first-order chi connectivity index (χ1) is 13.6. The predicted octanol–water partition coefficient (Wildman–Crippen LogP) is 3.37. The van der Waals surface area contributed by atoms with Crippen LogP contribution in [0.2, 0.25) is 15.1 Å². The molecule has 0 fully saturated rings. The summed E-state index contributed by atoms with van der Waals surface area (Å²) in [7, 11) is -3.82. The lowest BCUT2D eigenvalue weighted by Crippen LogP contribution is -2.45. The average Bonchev–Trinajstić information content (AvgIpc) is 2.66. The van der Waals surface area contributed by atoms with E-state index < -0.39 is 28.6 Å². The quantitative estimate of drug-likeness (QED) is 0.642. The monoisotopic (exact) mass is 478 g/mol. The van der Waals surface area contributed by atoms with Crippen molar-refractivity contribution in [2.75, 3.05) is 30.3 Å². The first-order valence-electron chi connectivity index (χ1n) is 8.42. The van der Waals surface area contributed by atoms with Crippen LogP contribution in [0.1, 0.15) is 0 Å². The van der Waals surface area contributed by atoms with Crippen molar-refractivity contribution >= 4 is 56.4 Å². The fourth-order valence-electron chi connectivity index (χ4n) is 2.66. The number of halogens is 3. The fourth-order valence-corrected chi connectivity index (χ4v) is 4.22. The zero-order valence-electron chi connectivity index (χ0n) is 15.2. The van der Waals surface area contributed by atoms with Crippen LogP contribution in [0.4, 0.5) is 5.69 Å². The number of sulfonamides is 1. The van der Waals surface area contributed by atoms with Crippen molar-refractivity contribution < 1.29 is 22.7 Å². The van der Waals surface area contributed by atoms with Gasteiger partial charge in [0, 0.05) is 0 Å². The Morgan fingerprint density at radius 2 is 1.79 bits per heavy atom. The van der Waals surface area contributed by atoms with Gasteiger partial charge in [-0.15, -0.1) is 0 Å². The van der Waals surface area contributed by atoms with Gasteiger partial charge in [-0.2, -0.15) is 0 Å². The molecule has 2 aromatic carbocycles. The van der Waals surface area contributed by atoms with Gasteiger partial charge in [-0.1, -0.05) is 46.9 Å². The molecule has 1 amide bonds. The van der Waals surface area contributed by atoms with Gasteiger partial charge in [-0.3, -0.25) is 9.10 Å². The van der Waals surface area contributed by atoms with Crippen LogP contribution in [-0.2, 0) is 14.8 Å². The predicted molar refractivity (Wildman–Crippen MR) is 113 cm³/mol. The van der Waals surface area contributed by atoms with E-state index in [0.29, 0.717) is 11.5 Å². The molecule has 3 rings (SSSR count). The smallest absolute Gasteiger partial charge is 0.240 e. The van der Waals surface area contributed by atoms with E-state index >= 15 is 0 Å². The van der Waals surface area contributed by atoms with Crippen molar-refractivity contribution in [2.45, 2.75) is 6.10 Å². The van der Waals surface area contributed by atoms with Gasteiger partial charge in [0.05, 0.1) is 33.6 Å². The Balaban J connectivity index is 1.67. The Morgan fingerprint density at radius 3 is 2.48 bits per heavy atom. The number of rotatable bonds is 6. The van der Waals surface area contributed by atoms with E-state index in [9.17, 15) is 13.2 Å². The molecule has 1 N–H and O–H groups in total. The summed E-state index contributed by atoms with van der Waals surface area (Å²) in [5.74, 6) is 0.672. The summed E-state index contributed by atoms with van der Waals surface area (Å²) in [6, 6.07) is 9.82. The molecular weight excluding hydrogens is 463 g/mol. The molecule has 0 unspecified atom stereocenters. The summed E-state index contributed by atoms with van der Waals surface area (Å²) < 4.78 is 36.7. The SMILES string of the molecule is CS(=O)(=O)N(CC(=O)NC[C@@H]1COc2ccccc2O1)c1cc(Cl)c(Cl)cc1Cl. The summed E-state index contributed by atoms with van der Waals surface area (Å²) in [6.07, 6.45) is 0.558. The van der Waals surface area contributed by atoms with Crippen molar-refractivity contribution in [1.82, 2.24) is 5.32 Å². The van der Waals surface area contributed by atoms with Gasteiger partial charge in [-0.05, 0) is 24.3 Å². The van der Waals surface area contributed by atoms with Crippen molar-refractivity contribution in [2.24, 2.45) is 0 Å². The maximum Gasteiger partial charge on any atom is 0.240 e. The third-order valence-corrected chi connectivity index (χ3v) is 6.19. The summed E-state index contributed by atoms with van der Waals surface area (Å²) in [6.45, 7) is -0.0910. The highest BCUT2D eigenvalue weighted by molar-refractivity contribution is 7.92. The number of carbonyl (C=O) groups excluding carboxylic acids is 1. The van der Waals surface area contributed by atoms with E-state index in [1.165, 1.54) is 12.1 Å². The number of nitrogens with zero attached hydrogens (tertiary/aromatic N) is 1. The van der Waals surface area contributed by atoms with Gasteiger partial charge in [0.1, 0.15) is 19.3 Å². The Bertz CT molecular complexity index is 1030. The minimum atomic E-state index is -3.82. The van der Waals surface area contributed by atoms with Crippen LogP contribution < -0.4 is 19.1 Å². The standard InChI is InChI=1S/C18H17Cl3N2O5S/c1-29(25,26)23(15-7-13(20)12(19)6-14(15)21)9-18(24)22-8-11-10-27-16-4-2-3-5-17(16)28-11/h2-7,11H,8-10H2,1H3,(H,22,24)/t11-/m1/s1. The fraction of sp³-hybridized carbons (Fsp3) is 0.278. The first kappa shape index (κ1) is 21.8. The Labute approximate surface area is 183 Å². The molecule has 1 heterocycles. The second-order valence-electron chi connectivity index (χ2n) is 6.29. The number of amides is 1. The first-order valence-corrected chi connectivity index (χ1v) is 11.4. The van der Waals surface area contributed by atoms with E-state index in [4.69, 9.17) is 44.3 Å². The summed E-state index contributed by atoms with van der Waals surface area (Å²) in [5, 5.41) is 2.99. The van der Waals surface area contributed by atoms with E-state index in [1.807, 2.05) is 12.1 Å². The van der Waals surface area contributed by atoms with Gasteiger partial charge in [-0.25, -0.2) is 8.42 Å². The second-order valence-corrected chi connectivity index (χ2v) is 9.42. The molecule has 1 aliphatic rings. The summed E-state index contributed by atoms with van der Waals surface area (Å²) in [5.41, 5.74) is 0.0601. The number of hydrogen-bond donors (Lipinski definition) is 1. The lowest BCUT2D eigenvalue weighted by molar-refractivity contribution is -0.120. The van der Waals surface area contributed by atoms with Crippen LogP contribution in [0.15, 0.2) is 36.4 Å². The van der Waals surface area contributed by atoms with Crippen LogP contribution in [-0.4, -0.2) is 46.4 Å². The van der Waals surface area contributed by atoms with E-state index in [2.05, 4.69) is 5.32 Å². The highest BCUT2D eigenvalue weighted by Crippen LogP contribution is 2.35. The van der Waals surface area contributed by atoms with Crippen molar-refractivity contribution in [1.29, 1.82) is 0 Å². The highest BCUT2D eigenvalue weighted by Gasteiger charge is 2.26. The molecule has 0 aliphatic carbocycles. The molecule has 156 valence electrons.